The average Bonchev–Trinajstić information content (AvgIpc) is 3.17. The molecule has 1 aromatic carbocycles. The van der Waals surface area contributed by atoms with Gasteiger partial charge in [0.25, 0.3) is 0 Å². The lowest BCUT2D eigenvalue weighted by atomic mass is 10.0. The Hall–Kier alpha value is -3.32. The lowest BCUT2D eigenvalue weighted by Crippen LogP contribution is -2.03. The fourth-order valence-electron chi connectivity index (χ4n) is 2.80. The van der Waals surface area contributed by atoms with E-state index in [1.165, 1.54) is 7.11 Å². The number of pyridine rings is 1. The summed E-state index contributed by atoms with van der Waals surface area (Å²) < 4.78 is 4.76. The van der Waals surface area contributed by atoms with E-state index in [4.69, 9.17) is 4.74 Å². The summed E-state index contributed by atoms with van der Waals surface area (Å²) in [5, 5.41) is 6.37. The van der Waals surface area contributed by atoms with E-state index >= 15 is 0 Å². The second-order valence-corrected chi connectivity index (χ2v) is 6.65. The van der Waals surface area contributed by atoms with E-state index in [9.17, 15) is 4.79 Å². The smallest absolute Gasteiger partial charge is 0.337 e. The monoisotopic (exact) mass is 376 g/mol. The van der Waals surface area contributed by atoms with Gasteiger partial charge in [0.05, 0.1) is 30.3 Å². The van der Waals surface area contributed by atoms with Gasteiger partial charge in [0.15, 0.2) is 0 Å². The van der Waals surface area contributed by atoms with Crippen LogP contribution in [0.25, 0.3) is 21.3 Å². The molecule has 0 saturated carbocycles. The molecule has 0 atom stereocenters. The van der Waals surface area contributed by atoms with Crippen molar-refractivity contribution in [3.05, 3.63) is 71.6 Å². The van der Waals surface area contributed by atoms with Crippen molar-refractivity contribution in [3.8, 4) is 11.1 Å². The minimum absolute atomic E-state index is 0.349. The molecule has 0 aliphatic heterocycles. The molecule has 0 radical (unpaired) electrons. The minimum Gasteiger partial charge on any atom is -0.465 e. The van der Waals surface area contributed by atoms with Crippen molar-refractivity contribution < 1.29 is 9.53 Å². The summed E-state index contributed by atoms with van der Waals surface area (Å²) in [6, 6.07) is 13.1. The standard InChI is InChI=1S/C20H16N4O2S/c1-26-20(25)14-7-5-13(6-8-14)16-11-27-19-17(16)18(23-12-24-19)22-10-15-4-2-3-9-21-15/h2-9,11-12H,10H2,1H3,(H,22,23,24). The van der Waals surface area contributed by atoms with Crippen LogP contribution in [0.5, 0.6) is 0 Å². The summed E-state index contributed by atoms with van der Waals surface area (Å²) in [6.07, 6.45) is 3.33. The van der Waals surface area contributed by atoms with Gasteiger partial charge in [-0.1, -0.05) is 18.2 Å². The van der Waals surface area contributed by atoms with Crippen LogP contribution in [-0.4, -0.2) is 28.0 Å². The number of hydrogen-bond acceptors (Lipinski definition) is 7. The molecule has 134 valence electrons. The first kappa shape index (κ1) is 17.1. The van der Waals surface area contributed by atoms with E-state index in [1.54, 1.807) is 36.0 Å². The number of ether oxygens (including phenoxy) is 1. The minimum atomic E-state index is -0.349. The summed E-state index contributed by atoms with van der Waals surface area (Å²) >= 11 is 1.56. The molecule has 0 aliphatic rings. The molecule has 0 aliphatic carbocycles. The van der Waals surface area contributed by atoms with Gasteiger partial charge in [-0.15, -0.1) is 11.3 Å². The van der Waals surface area contributed by atoms with Crippen LogP contribution in [0.2, 0.25) is 0 Å². The van der Waals surface area contributed by atoms with Crippen molar-refractivity contribution >= 4 is 33.3 Å². The van der Waals surface area contributed by atoms with Crippen LogP contribution in [0.4, 0.5) is 5.82 Å². The van der Waals surface area contributed by atoms with Crippen molar-refractivity contribution in [1.29, 1.82) is 0 Å². The van der Waals surface area contributed by atoms with E-state index in [2.05, 4.69) is 25.6 Å². The Morgan fingerprint density at radius 2 is 1.96 bits per heavy atom. The molecule has 3 aromatic heterocycles. The largest absolute Gasteiger partial charge is 0.465 e. The number of hydrogen-bond donors (Lipinski definition) is 1. The van der Waals surface area contributed by atoms with Gasteiger partial charge in [-0.05, 0) is 29.8 Å². The Labute approximate surface area is 159 Å². The Morgan fingerprint density at radius 1 is 1.11 bits per heavy atom. The number of rotatable bonds is 5. The second-order valence-electron chi connectivity index (χ2n) is 5.80. The van der Waals surface area contributed by atoms with Crippen LogP contribution in [0, 0.1) is 0 Å². The molecule has 0 unspecified atom stereocenters. The van der Waals surface area contributed by atoms with Crippen molar-refractivity contribution in [2.45, 2.75) is 6.54 Å². The van der Waals surface area contributed by atoms with Crippen LogP contribution < -0.4 is 5.32 Å². The zero-order valence-electron chi connectivity index (χ0n) is 14.5. The molecule has 4 aromatic rings. The fourth-order valence-corrected chi connectivity index (χ4v) is 3.72. The molecule has 1 N–H and O–H groups in total. The molecule has 0 amide bonds. The third kappa shape index (κ3) is 3.50. The molecule has 0 saturated heterocycles. The molecule has 7 heteroatoms. The van der Waals surface area contributed by atoms with E-state index in [0.717, 1.165) is 32.9 Å². The Morgan fingerprint density at radius 3 is 2.70 bits per heavy atom. The maximum Gasteiger partial charge on any atom is 0.337 e. The number of nitrogens with zero attached hydrogens (tertiary/aromatic N) is 3. The highest BCUT2D eigenvalue weighted by Crippen LogP contribution is 2.36. The van der Waals surface area contributed by atoms with Gasteiger partial charge >= 0.3 is 5.97 Å². The Balaban J connectivity index is 1.68. The Kier molecular flexibility index (Phi) is 4.76. The molecule has 3 heterocycles. The fraction of sp³-hybridized carbons (Fsp3) is 0.100. The number of carbonyl (C=O) groups is 1. The number of fused-ring (bicyclic) bond motifs is 1. The zero-order valence-corrected chi connectivity index (χ0v) is 15.4. The molecule has 6 nitrogen and oxygen atoms in total. The summed E-state index contributed by atoms with van der Waals surface area (Å²) in [5.74, 6) is 0.414. The summed E-state index contributed by atoms with van der Waals surface area (Å²) in [5.41, 5.74) is 3.47. The first-order valence-electron chi connectivity index (χ1n) is 8.31. The summed E-state index contributed by atoms with van der Waals surface area (Å²) in [6.45, 7) is 0.573. The second kappa shape index (κ2) is 7.51. The topological polar surface area (TPSA) is 77.0 Å². The molecule has 0 bridgehead atoms. The summed E-state index contributed by atoms with van der Waals surface area (Å²) in [7, 11) is 1.37. The number of anilines is 1. The summed E-state index contributed by atoms with van der Waals surface area (Å²) in [4.78, 5) is 25.7. The zero-order chi connectivity index (χ0) is 18.6. The number of aromatic nitrogens is 3. The number of carbonyl (C=O) groups excluding carboxylic acids is 1. The highest BCUT2D eigenvalue weighted by Gasteiger charge is 2.14. The number of methoxy groups -OCH3 is 1. The predicted octanol–water partition coefficient (Wildman–Crippen LogP) is 4.15. The third-order valence-corrected chi connectivity index (χ3v) is 5.04. The number of esters is 1. The lowest BCUT2D eigenvalue weighted by Gasteiger charge is -2.08. The maximum absolute atomic E-state index is 11.6. The van der Waals surface area contributed by atoms with Crippen molar-refractivity contribution in [3.63, 3.8) is 0 Å². The first-order valence-corrected chi connectivity index (χ1v) is 9.19. The van der Waals surface area contributed by atoms with Gasteiger partial charge in [0.1, 0.15) is 17.0 Å². The highest BCUT2D eigenvalue weighted by molar-refractivity contribution is 7.17. The van der Waals surface area contributed by atoms with Crippen LogP contribution in [0.3, 0.4) is 0 Å². The number of nitrogens with one attached hydrogen (secondary N) is 1. The van der Waals surface area contributed by atoms with Crippen LogP contribution in [-0.2, 0) is 11.3 Å². The van der Waals surface area contributed by atoms with Gasteiger partial charge in [-0.25, -0.2) is 14.8 Å². The highest BCUT2D eigenvalue weighted by atomic mass is 32.1. The van der Waals surface area contributed by atoms with Crippen molar-refractivity contribution in [2.75, 3.05) is 12.4 Å². The van der Waals surface area contributed by atoms with Crippen molar-refractivity contribution in [1.82, 2.24) is 15.0 Å². The predicted molar refractivity (Wildman–Crippen MR) is 106 cm³/mol. The molecule has 0 spiro atoms. The van der Waals surface area contributed by atoms with Crippen LogP contribution in [0.15, 0.2) is 60.4 Å². The lowest BCUT2D eigenvalue weighted by molar-refractivity contribution is 0.0601. The van der Waals surface area contributed by atoms with Gasteiger partial charge < -0.3 is 10.1 Å². The van der Waals surface area contributed by atoms with Gasteiger partial charge in [-0.3, -0.25) is 4.98 Å². The SMILES string of the molecule is COC(=O)c1ccc(-c2csc3ncnc(NCc4ccccn4)c23)cc1. The van der Waals surface area contributed by atoms with Gasteiger partial charge in [0.2, 0.25) is 0 Å². The molecule has 4 rings (SSSR count). The van der Waals surface area contributed by atoms with Gasteiger partial charge in [0, 0.05) is 17.1 Å². The molecule has 27 heavy (non-hydrogen) atoms. The van der Waals surface area contributed by atoms with Crippen molar-refractivity contribution in [2.24, 2.45) is 0 Å². The quantitative estimate of drug-likeness (QED) is 0.527. The maximum atomic E-state index is 11.6. The van der Waals surface area contributed by atoms with E-state index < -0.39 is 0 Å². The first-order chi connectivity index (χ1) is 13.3. The van der Waals surface area contributed by atoms with E-state index in [-0.39, 0.29) is 5.97 Å². The number of benzene rings is 1. The molecule has 0 fully saturated rings. The third-order valence-electron chi connectivity index (χ3n) is 4.15. The van der Waals surface area contributed by atoms with Crippen LogP contribution in [0.1, 0.15) is 16.1 Å². The molecular formula is C20H16N4O2S. The van der Waals surface area contributed by atoms with E-state index in [0.29, 0.717) is 12.1 Å². The van der Waals surface area contributed by atoms with Crippen LogP contribution >= 0.6 is 11.3 Å². The normalized spacial score (nSPS) is 10.7. The average molecular weight is 376 g/mol. The van der Waals surface area contributed by atoms with E-state index in [1.807, 2.05) is 30.3 Å². The Bertz CT molecular complexity index is 1080. The number of thiophene rings is 1. The van der Waals surface area contributed by atoms with Gasteiger partial charge in [-0.2, -0.15) is 0 Å². The molecular weight excluding hydrogens is 360 g/mol.